The van der Waals surface area contributed by atoms with Crippen LogP contribution in [0.25, 0.3) is 11.0 Å². The number of para-hydroxylation sites is 1. The standard InChI is InChI=1S/C18H18N6O2S3/c1-10-20-23-18(29-10)28-9-12-11-5-3-4-6-13(11)26-15(12)16(25)19-8-7-14-21-22-17(27)24(14)2/h3-6H,7-9H2,1-2H3,(H,19,25)(H,22,27). The van der Waals surface area contributed by atoms with Gasteiger partial charge in [0.15, 0.2) is 14.9 Å². The van der Waals surface area contributed by atoms with Gasteiger partial charge in [0.25, 0.3) is 5.91 Å². The number of fused-ring (bicyclic) bond motifs is 1. The molecule has 0 aliphatic carbocycles. The van der Waals surface area contributed by atoms with Gasteiger partial charge in [-0.1, -0.05) is 41.3 Å². The molecule has 29 heavy (non-hydrogen) atoms. The highest BCUT2D eigenvalue weighted by Gasteiger charge is 2.21. The van der Waals surface area contributed by atoms with Crippen molar-refractivity contribution in [2.75, 3.05) is 6.54 Å². The molecule has 1 aromatic carbocycles. The lowest BCUT2D eigenvalue weighted by Crippen LogP contribution is -2.26. The minimum Gasteiger partial charge on any atom is -0.451 e. The molecule has 4 aromatic rings. The summed E-state index contributed by atoms with van der Waals surface area (Å²) in [7, 11) is 1.84. The SMILES string of the molecule is Cc1nnc(SCc2c(C(=O)NCCc3n[nH]c(=S)n3C)oc3ccccc23)s1. The Labute approximate surface area is 179 Å². The molecule has 0 saturated carbocycles. The number of hydrogen-bond acceptors (Lipinski definition) is 8. The summed E-state index contributed by atoms with van der Waals surface area (Å²) in [6.07, 6.45) is 0.559. The summed E-state index contributed by atoms with van der Waals surface area (Å²) < 4.78 is 9.09. The largest absolute Gasteiger partial charge is 0.451 e. The van der Waals surface area contributed by atoms with Crippen molar-refractivity contribution in [3.63, 3.8) is 0 Å². The lowest BCUT2D eigenvalue weighted by atomic mass is 10.1. The van der Waals surface area contributed by atoms with Gasteiger partial charge in [0.05, 0.1) is 0 Å². The van der Waals surface area contributed by atoms with E-state index in [9.17, 15) is 4.79 Å². The van der Waals surface area contributed by atoms with Crippen LogP contribution in [0.15, 0.2) is 33.0 Å². The van der Waals surface area contributed by atoms with Crippen LogP contribution in [-0.4, -0.2) is 37.4 Å². The van der Waals surface area contributed by atoms with Crippen molar-refractivity contribution in [1.82, 2.24) is 30.3 Å². The molecule has 8 nitrogen and oxygen atoms in total. The third-order valence-electron chi connectivity index (χ3n) is 4.36. The highest BCUT2D eigenvalue weighted by Crippen LogP contribution is 2.33. The van der Waals surface area contributed by atoms with Crippen molar-refractivity contribution in [3.8, 4) is 0 Å². The van der Waals surface area contributed by atoms with Gasteiger partial charge in [-0.2, -0.15) is 5.10 Å². The number of benzene rings is 1. The van der Waals surface area contributed by atoms with Crippen molar-refractivity contribution in [2.24, 2.45) is 7.05 Å². The van der Waals surface area contributed by atoms with Gasteiger partial charge in [-0.05, 0) is 25.2 Å². The number of carbonyl (C=O) groups is 1. The maximum Gasteiger partial charge on any atom is 0.287 e. The number of carbonyl (C=O) groups excluding carboxylic acids is 1. The molecule has 0 fully saturated rings. The molecule has 0 aliphatic heterocycles. The zero-order valence-electron chi connectivity index (χ0n) is 15.8. The Morgan fingerprint density at radius 3 is 2.93 bits per heavy atom. The number of aromatic amines is 1. The number of nitrogens with one attached hydrogen (secondary N) is 2. The monoisotopic (exact) mass is 446 g/mol. The number of thioether (sulfide) groups is 1. The van der Waals surface area contributed by atoms with Crippen LogP contribution in [0.1, 0.15) is 27.0 Å². The number of rotatable bonds is 7. The molecule has 4 rings (SSSR count). The normalized spacial score (nSPS) is 11.2. The van der Waals surface area contributed by atoms with Crippen molar-refractivity contribution in [1.29, 1.82) is 0 Å². The topological polar surface area (TPSA) is 102 Å². The number of H-pyrrole nitrogens is 1. The summed E-state index contributed by atoms with van der Waals surface area (Å²) in [4.78, 5) is 12.8. The first kappa shape index (κ1) is 19.8. The minimum absolute atomic E-state index is 0.248. The van der Waals surface area contributed by atoms with Gasteiger partial charge in [0.2, 0.25) is 0 Å². The fourth-order valence-corrected chi connectivity index (χ4v) is 4.86. The predicted molar refractivity (Wildman–Crippen MR) is 115 cm³/mol. The molecule has 0 atom stereocenters. The molecule has 1 amide bonds. The fraction of sp³-hybridized carbons (Fsp3) is 0.278. The Kier molecular flexibility index (Phi) is 5.79. The first-order valence-electron chi connectivity index (χ1n) is 8.84. The highest BCUT2D eigenvalue weighted by molar-refractivity contribution is 8.00. The van der Waals surface area contributed by atoms with Gasteiger partial charge in [-0.3, -0.25) is 9.89 Å². The minimum atomic E-state index is -0.248. The van der Waals surface area contributed by atoms with E-state index in [0.29, 0.717) is 34.8 Å². The molecule has 0 spiro atoms. The molecular formula is C18H18N6O2S3. The second kappa shape index (κ2) is 8.47. The first-order chi connectivity index (χ1) is 14.0. The van der Waals surface area contributed by atoms with Crippen LogP contribution in [0.2, 0.25) is 0 Å². The molecular weight excluding hydrogens is 428 g/mol. The lowest BCUT2D eigenvalue weighted by Gasteiger charge is -2.05. The van der Waals surface area contributed by atoms with Crippen LogP contribution in [0, 0.1) is 11.7 Å². The third kappa shape index (κ3) is 4.26. The van der Waals surface area contributed by atoms with Gasteiger partial charge >= 0.3 is 0 Å². The summed E-state index contributed by atoms with van der Waals surface area (Å²) in [6, 6.07) is 7.66. The third-order valence-corrected chi connectivity index (χ3v) is 6.72. The number of aryl methyl sites for hydroxylation is 1. The van der Waals surface area contributed by atoms with Gasteiger partial charge in [0.1, 0.15) is 16.4 Å². The number of hydrogen-bond donors (Lipinski definition) is 2. The van der Waals surface area contributed by atoms with E-state index in [0.717, 1.165) is 26.1 Å². The molecule has 0 unspecified atom stereocenters. The first-order valence-corrected chi connectivity index (χ1v) is 11.1. The smallest absolute Gasteiger partial charge is 0.287 e. The fourth-order valence-electron chi connectivity index (χ4n) is 2.87. The van der Waals surface area contributed by atoms with E-state index in [1.165, 1.54) is 11.3 Å². The molecule has 0 saturated heterocycles. The van der Waals surface area contributed by atoms with Gasteiger partial charge in [0, 0.05) is 36.7 Å². The van der Waals surface area contributed by atoms with E-state index >= 15 is 0 Å². The van der Waals surface area contributed by atoms with Crippen molar-refractivity contribution >= 4 is 52.2 Å². The molecule has 11 heteroatoms. The second-order valence-corrected chi connectivity index (χ2v) is 9.08. The van der Waals surface area contributed by atoms with Gasteiger partial charge in [-0.15, -0.1) is 10.2 Å². The Balaban J connectivity index is 1.51. The zero-order chi connectivity index (χ0) is 20.4. The molecule has 150 valence electrons. The maximum absolute atomic E-state index is 12.8. The summed E-state index contributed by atoms with van der Waals surface area (Å²) >= 11 is 8.19. The van der Waals surface area contributed by atoms with E-state index in [2.05, 4.69) is 25.7 Å². The van der Waals surface area contributed by atoms with Crippen molar-refractivity contribution in [3.05, 3.63) is 51.2 Å². The van der Waals surface area contributed by atoms with Gasteiger partial charge < -0.3 is 14.3 Å². The van der Waals surface area contributed by atoms with Crippen molar-refractivity contribution < 1.29 is 9.21 Å². The molecule has 0 bridgehead atoms. The predicted octanol–water partition coefficient (Wildman–Crippen LogP) is 3.65. The Morgan fingerprint density at radius 1 is 1.38 bits per heavy atom. The summed E-state index contributed by atoms with van der Waals surface area (Å²) in [5.41, 5.74) is 1.55. The Morgan fingerprint density at radius 2 is 2.21 bits per heavy atom. The Bertz CT molecular complexity index is 1220. The number of nitrogens with zero attached hydrogens (tertiary/aromatic N) is 4. The number of amides is 1. The molecule has 0 radical (unpaired) electrons. The zero-order valence-corrected chi connectivity index (χ0v) is 18.2. The Hall–Kier alpha value is -2.50. The van der Waals surface area contributed by atoms with Crippen LogP contribution < -0.4 is 5.32 Å². The van der Waals surface area contributed by atoms with Crippen LogP contribution in [0.5, 0.6) is 0 Å². The van der Waals surface area contributed by atoms with Gasteiger partial charge in [-0.25, -0.2) is 0 Å². The number of aromatic nitrogens is 5. The summed E-state index contributed by atoms with van der Waals surface area (Å²) in [6.45, 7) is 2.34. The van der Waals surface area contributed by atoms with E-state index in [1.807, 2.05) is 38.2 Å². The van der Waals surface area contributed by atoms with E-state index < -0.39 is 0 Å². The average molecular weight is 447 g/mol. The second-order valence-electron chi connectivity index (χ2n) is 6.29. The van der Waals surface area contributed by atoms with Crippen LogP contribution >= 0.6 is 35.3 Å². The number of furan rings is 1. The highest BCUT2D eigenvalue weighted by atomic mass is 32.2. The lowest BCUT2D eigenvalue weighted by molar-refractivity contribution is 0.0927. The molecule has 3 aromatic heterocycles. The van der Waals surface area contributed by atoms with Crippen LogP contribution in [-0.2, 0) is 19.2 Å². The van der Waals surface area contributed by atoms with Crippen LogP contribution in [0.4, 0.5) is 0 Å². The van der Waals surface area contributed by atoms with E-state index in [4.69, 9.17) is 16.6 Å². The van der Waals surface area contributed by atoms with Crippen LogP contribution in [0.3, 0.4) is 0 Å². The quantitative estimate of drug-likeness (QED) is 0.330. The summed E-state index contributed by atoms with van der Waals surface area (Å²) in [5, 5.41) is 19.8. The van der Waals surface area contributed by atoms with E-state index in [-0.39, 0.29) is 5.91 Å². The maximum atomic E-state index is 12.8. The summed E-state index contributed by atoms with van der Waals surface area (Å²) in [5.74, 6) is 1.43. The molecule has 2 N–H and O–H groups in total. The molecule has 0 aliphatic rings. The van der Waals surface area contributed by atoms with E-state index in [1.54, 1.807) is 16.3 Å². The average Bonchev–Trinajstić information content (AvgIpc) is 3.39. The van der Waals surface area contributed by atoms with Crippen molar-refractivity contribution in [2.45, 2.75) is 23.4 Å². The molecule has 3 heterocycles.